The Labute approximate surface area is 109 Å². The first-order valence-corrected chi connectivity index (χ1v) is 6.60. The van der Waals surface area contributed by atoms with Gasteiger partial charge in [0.1, 0.15) is 0 Å². The molecule has 5 heteroatoms. The number of carboxylic acid groups (broad SMARTS) is 1. The smallest absolute Gasteiger partial charge is 0.307 e. The van der Waals surface area contributed by atoms with E-state index in [1.165, 1.54) is 0 Å². The molecular weight excluding hydrogens is 232 g/mol. The van der Waals surface area contributed by atoms with Gasteiger partial charge in [0.2, 0.25) is 5.91 Å². The van der Waals surface area contributed by atoms with E-state index in [0.717, 1.165) is 12.8 Å². The van der Waals surface area contributed by atoms with Gasteiger partial charge in [-0.15, -0.1) is 0 Å². The van der Waals surface area contributed by atoms with Gasteiger partial charge in [-0.05, 0) is 33.9 Å². The summed E-state index contributed by atoms with van der Waals surface area (Å²) in [4.78, 5) is 25.2. The van der Waals surface area contributed by atoms with Crippen molar-refractivity contribution < 1.29 is 14.7 Å². The van der Waals surface area contributed by atoms with Crippen LogP contribution in [0.3, 0.4) is 0 Å². The highest BCUT2D eigenvalue weighted by molar-refractivity contribution is 5.84. The van der Waals surface area contributed by atoms with Crippen LogP contribution in [0.4, 0.5) is 0 Å². The molecule has 0 heterocycles. The van der Waals surface area contributed by atoms with E-state index in [9.17, 15) is 9.59 Å². The van der Waals surface area contributed by atoms with Gasteiger partial charge in [0.05, 0.1) is 11.8 Å². The van der Waals surface area contributed by atoms with E-state index in [1.807, 2.05) is 25.9 Å². The Morgan fingerprint density at radius 2 is 1.83 bits per heavy atom. The fourth-order valence-electron chi connectivity index (χ4n) is 2.30. The van der Waals surface area contributed by atoms with Crippen LogP contribution in [0.15, 0.2) is 0 Å². The number of nitrogens with one attached hydrogen (secondary N) is 1. The quantitative estimate of drug-likeness (QED) is 0.768. The molecule has 0 aliphatic heterocycles. The third-order valence-electron chi connectivity index (χ3n) is 3.87. The second-order valence-corrected chi connectivity index (χ2v) is 5.39. The van der Waals surface area contributed by atoms with Crippen molar-refractivity contribution in [3.63, 3.8) is 0 Å². The molecule has 0 aromatic rings. The number of nitrogens with zero attached hydrogens (tertiary/aromatic N) is 1. The Bertz CT molecular complexity index is 305. The number of carbonyl (C=O) groups is 2. The largest absolute Gasteiger partial charge is 0.481 e. The molecule has 1 saturated carbocycles. The van der Waals surface area contributed by atoms with E-state index < -0.39 is 11.9 Å². The normalized spacial score (nSPS) is 25.8. The number of amides is 1. The second kappa shape index (κ2) is 6.73. The summed E-state index contributed by atoms with van der Waals surface area (Å²) >= 11 is 0. The average Bonchev–Trinajstić information content (AvgIpc) is 2.35. The molecule has 104 valence electrons. The zero-order valence-electron chi connectivity index (χ0n) is 11.5. The summed E-state index contributed by atoms with van der Waals surface area (Å²) in [6.07, 6.45) is 3.18. The van der Waals surface area contributed by atoms with Gasteiger partial charge in [0.15, 0.2) is 0 Å². The molecule has 5 nitrogen and oxygen atoms in total. The Morgan fingerprint density at radius 1 is 1.28 bits per heavy atom. The number of rotatable bonds is 5. The number of hydrogen-bond acceptors (Lipinski definition) is 3. The van der Waals surface area contributed by atoms with E-state index in [1.54, 1.807) is 0 Å². The lowest BCUT2D eigenvalue weighted by Gasteiger charge is -2.28. The summed E-state index contributed by atoms with van der Waals surface area (Å²) in [7, 11) is 3.91. The molecule has 1 rings (SSSR count). The molecule has 2 N–H and O–H groups in total. The second-order valence-electron chi connectivity index (χ2n) is 5.39. The monoisotopic (exact) mass is 256 g/mol. The van der Waals surface area contributed by atoms with Crippen LogP contribution >= 0.6 is 0 Å². The highest BCUT2D eigenvalue weighted by atomic mass is 16.4. The molecule has 1 aliphatic carbocycles. The Hall–Kier alpha value is -1.10. The summed E-state index contributed by atoms with van der Waals surface area (Å²) in [5, 5.41) is 12.0. The van der Waals surface area contributed by atoms with E-state index >= 15 is 0 Å². The van der Waals surface area contributed by atoms with Crippen molar-refractivity contribution in [3.8, 4) is 0 Å². The maximum atomic E-state index is 12.0. The van der Waals surface area contributed by atoms with Crippen molar-refractivity contribution in [2.45, 2.75) is 38.6 Å². The van der Waals surface area contributed by atoms with Gasteiger partial charge >= 0.3 is 5.97 Å². The van der Waals surface area contributed by atoms with Crippen LogP contribution in [0.1, 0.15) is 32.6 Å². The predicted octanol–water partition coefficient (Wildman–Crippen LogP) is 0.944. The highest BCUT2D eigenvalue weighted by Crippen LogP contribution is 2.30. The molecule has 0 aromatic carbocycles. The number of hydrogen-bond donors (Lipinski definition) is 2. The third kappa shape index (κ3) is 3.98. The van der Waals surface area contributed by atoms with Crippen LogP contribution in [0, 0.1) is 11.8 Å². The minimum atomic E-state index is -0.837. The van der Waals surface area contributed by atoms with Crippen molar-refractivity contribution in [2.75, 3.05) is 20.6 Å². The first-order chi connectivity index (χ1) is 8.43. The zero-order valence-corrected chi connectivity index (χ0v) is 11.5. The Balaban J connectivity index is 2.51. The number of likely N-dealkylation sites (N-methyl/N-ethyl adjacent to an activating group) is 1. The minimum absolute atomic E-state index is 0.101. The lowest BCUT2D eigenvalue weighted by Crippen LogP contribution is -2.44. The minimum Gasteiger partial charge on any atom is -0.481 e. The molecule has 18 heavy (non-hydrogen) atoms. The van der Waals surface area contributed by atoms with Crippen LogP contribution in [0.25, 0.3) is 0 Å². The van der Waals surface area contributed by atoms with Crippen LogP contribution in [-0.4, -0.2) is 48.6 Å². The van der Waals surface area contributed by atoms with Crippen molar-refractivity contribution in [1.29, 1.82) is 0 Å². The molecule has 0 saturated heterocycles. The van der Waals surface area contributed by atoms with Crippen LogP contribution in [0.2, 0.25) is 0 Å². The van der Waals surface area contributed by atoms with Crippen LogP contribution < -0.4 is 5.32 Å². The van der Waals surface area contributed by atoms with Gasteiger partial charge in [-0.1, -0.05) is 12.8 Å². The van der Waals surface area contributed by atoms with Crippen LogP contribution in [-0.2, 0) is 9.59 Å². The van der Waals surface area contributed by atoms with Crippen molar-refractivity contribution in [2.24, 2.45) is 11.8 Å². The average molecular weight is 256 g/mol. The van der Waals surface area contributed by atoms with Gasteiger partial charge in [0.25, 0.3) is 0 Å². The topological polar surface area (TPSA) is 69.6 Å². The van der Waals surface area contributed by atoms with Gasteiger partial charge in [-0.3, -0.25) is 9.59 Å². The summed E-state index contributed by atoms with van der Waals surface area (Å²) in [5.74, 6) is -1.80. The van der Waals surface area contributed by atoms with E-state index in [2.05, 4.69) is 5.32 Å². The van der Waals surface area contributed by atoms with Crippen molar-refractivity contribution in [1.82, 2.24) is 10.2 Å². The lowest BCUT2D eigenvalue weighted by molar-refractivity contribution is -0.148. The summed E-state index contributed by atoms with van der Waals surface area (Å²) in [6, 6.07) is 0.251. The van der Waals surface area contributed by atoms with Gasteiger partial charge in [-0.25, -0.2) is 0 Å². The SMILES string of the molecule is CC(CNC(=O)[C@@H]1CCCC[C@@H]1C(=O)O)N(C)C. The molecule has 0 bridgehead atoms. The summed E-state index contributed by atoms with van der Waals surface area (Å²) in [5.41, 5.74) is 0. The van der Waals surface area contributed by atoms with E-state index in [0.29, 0.717) is 19.4 Å². The Kier molecular flexibility index (Phi) is 5.59. The Morgan fingerprint density at radius 3 is 2.33 bits per heavy atom. The van der Waals surface area contributed by atoms with Gasteiger partial charge in [0, 0.05) is 12.6 Å². The van der Waals surface area contributed by atoms with Gasteiger partial charge < -0.3 is 15.3 Å². The van der Waals surface area contributed by atoms with E-state index in [-0.39, 0.29) is 17.9 Å². The van der Waals surface area contributed by atoms with Gasteiger partial charge in [-0.2, -0.15) is 0 Å². The first kappa shape index (κ1) is 15.0. The number of carbonyl (C=O) groups excluding carboxylic acids is 1. The first-order valence-electron chi connectivity index (χ1n) is 6.60. The fraction of sp³-hybridized carbons (Fsp3) is 0.846. The molecule has 3 atom stereocenters. The molecule has 1 unspecified atom stereocenters. The zero-order chi connectivity index (χ0) is 13.7. The molecule has 0 radical (unpaired) electrons. The van der Waals surface area contributed by atoms with E-state index in [4.69, 9.17) is 5.11 Å². The molecular formula is C13H24N2O3. The highest BCUT2D eigenvalue weighted by Gasteiger charge is 2.35. The van der Waals surface area contributed by atoms with Crippen molar-refractivity contribution >= 4 is 11.9 Å². The standard InChI is InChI=1S/C13H24N2O3/c1-9(15(2)3)8-14-12(16)10-6-4-5-7-11(10)13(17)18/h9-11H,4-8H2,1-3H3,(H,14,16)(H,17,18)/t9?,10-,11+/m1/s1. The van der Waals surface area contributed by atoms with Crippen LogP contribution in [0.5, 0.6) is 0 Å². The summed E-state index contributed by atoms with van der Waals surface area (Å²) < 4.78 is 0. The summed E-state index contributed by atoms with van der Waals surface area (Å²) in [6.45, 7) is 2.59. The van der Waals surface area contributed by atoms with Crippen molar-refractivity contribution in [3.05, 3.63) is 0 Å². The number of aliphatic carboxylic acids is 1. The molecule has 0 spiro atoms. The molecule has 1 amide bonds. The molecule has 1 aliphatic rings. The molecule has 1 fully saturated rings. The predicted molar refractivity (Wildman–Crippen MR) is 69.2 cm³/mol. The fourth-order valence-corrected chi connectivity index (χ4v) is 2.30. The molecule has 0 aromatic heterocycles. The lowest BCUT2D eigenvalue weighted by atomic mass is 9.78. The maximum absolute atomic E-state index is 12.0. The maximum Gasteiger partial charge on any atom is 0.307 e. The third-order valence-corrected chi connectivity index (χ3v) is 3.87. The number of carboxylic acids is 1.